The second-order valence-electron chi connectivity index (χ2n) is 8.48. The number of carbonyl (C=O) groups is 1. The maximum absolute atomic E-state index is 12.5. The Hall–Kier alpha value is -3.64. The van der Waals surface area contributed by atoms with Gasteiger partial charge in [-0.2, -0.15) is 0 Å². The smallest absolute Gasteiger partial charge is 0.265 e. The van der Waals surface area contributed by atoms with Gasteiger partial charge in [-0.3, -0.25) is 4.79 Å². The fourth-order valence-electron chi connectivity index (χ4n) is 3.44. The zero-order valence-corrected chi connectivity index (χ0v) is 22.1. The van der Waals surface area contributed by atoms with E-state index >= 15 is 0 Å². The third-order valence-electron chi connectivity index (χ3n) is 5.33. The molecule has 0 bridgehead atoms. The van der Waals surface area contributed by atoms with Crippen LogP contribution >= 0.6 is 11.3 Å². The molecule has 0 unspecified atom stereocenters. The Morgan fingerprint density at radius 2 is 1.70 bits per heavy atom. The third-order valence-corrected chi connectivity index (χ3v) is 7.68. The van der Waals surface area contributed by atoms with Crippen LogP contribution in [0.1, 0.15) is 16.1 Å². The molecule has 4 rings (SSSR count). The first-order valence-electron chi connectivity index (χ1n) is 11.6. The molecular formula is C26H28N6O3S2. The lowest BCUT2D eigenvalue weighted by Crippen LogP contribution is -2.27. The van der Waals surface area contributed by atoms with Gasteiger partial charge in [0.05, 0.1) is 15.5 Å². The van der Waals surface area contributed by atoms with Gasteiger partial charge in [0.15, 0.2) is 0 Å². The Bertz CT molecular complexity index is 1420. The molecule has 0 aliphatic carbocycles. The van der Waals surface area contributed by atoms with Crippen LogP contribution in [0.2, 0.25) is 0 Å². The molecule has 0 aliphatic rings. The summed E-state index contributed by atoms with van der Waals surface area (Å²) in [6.07, 6.45) is 2.37. The van der Waals surface area contributed by atoms with Gasteiger partial charge in [0, 0.05) is 29.7 Å². The van der Waals surface area contributed by atoms with Crippen LogP contribution in [-0.2, 0) is 10.0 Å². The summed E-state index contributed by atoms with van der Waals surface area (Å²) < 4.78 is 27.6. The highest BCUT2D eigenvalue weighted by Gasteiger charge is 2.13. The molecule has 37 heavy (non-hydrogen) atoms. The number of nitrogens with zero attached hydrogens (tertiary/aromatic N) is 3. The van der Waals surface area contributed by atoms with Gasteiger partial charge in [0.1, 0.15) is 0 Å². The van der Waals surface area contributed by atoms with Crippen molar-refractivity contribution < 1.29 is 13.2 Å². The molecular weight excluding hydrogens is 508 g/mol. The van der Waals surface area contributed by atoms with Crippen molar-refractivity contribution in [2.75, 3.05) is 37.8 Å². The van der Waals surface area contributed by atoms with Crippen LogP contribution in [-0.4, -0.2) is 56.4 Å². The van der Waals surface area contributed by atoms with E-state index < -0.39 is 10.0 Å². The maximum Gasteiger partial charge on any atom is 0.265 e. The first-order valence-corrected chi connectivity index (χ1v) is 14.0. The Labute approximate surface area is 220 Å². The highest BCUT2D eigenvalue weighted by atomic mass is 32.2. The molecule has 0 atom stereocenters. The van der Waals surface area contributed by atoms with Crippen LogP contribution in [0.5, 0.6) is 0 Å². The summed E-state index contributed by atoms with van der Waals surface area (Å²) in [7, 11) is 0.330. The van der Waals surface area contributed by atoms with Gasteiger partial charge >= 0.3 is 0 Å². The van der Waals surface area contributed by atoms with Gasteiger partial charge in [0.25, 0.3) is 5.91 Å². The molecule has 0 saturated heterocycles. The van der Waals surface area contributed by atoms with Crippen molar-refractivity contribution in [1.82, 2.24) is 19.6 Å². The van der Waals surface area contributed by atoms with E-state index in [2.05, 4.69) is 25.3 Å². The Kier molecular flexibility index (Phi) is 8.62. The fraction of sp³-hybridized carbons (Fsp3) is 0.192. The van der Waals surface area contributed by atoms with E-state index in [0.717, 1.165) is 18.5 Å². The highest BCUT2D eigenvalue weighted by molar-refractivity contribution is 7.89. The largest absolute Gasteiger partial charge is 0.324 e. The molecule has 4 aromatic rings. The molecule has 11 heteroatoms. The Balaban J connectivity index is 1.37. The van der Waals surface area contributed by atoms with Gasteiger partial charge in [-0.15, -0.1) is 11.3 Å². The van der Waals surface area contributed by atoms with Gasteiger partial charge < -0.3 is 15.5 Å². The minimum atomic E-state index is -3.57. The quantitative estimate of drug-likeness (QED) is 0.243. The number of hydrogen-bond donors (Lipinski definition) is 3. The third kappa shape index (κ3) is 7.43. The number of nitrogens with one attached hydrogen (secondary N) is 3. The van der Waals surface area contributed by atoms with Gasteiger partial charge in [-0.1, -0.05) is 18.2 Å². The molecule has 2 aromatic carbocycles. The summed E-state index contributed by atoms with van der Waals surface area (Å²) in [6.45, 7) is 1.18. The van der Waals surface area contributed by atoms with E-state index in [9.17, 15) is 13.2 Å². The maximum atomic E-state index is 12.5. The summed E-state index contributed by atoms with van der Waals surface area (Å²) in [4.78, 5) is 23.9. The standard InChI is InChI=1S/C26H28N6O3S2/c1-32(2)17-4-15-28-37(34,35)22-12-10-21(11-13-22)30-26-27-16-14-23(31-26)19-6-8-20(9-7-19)29-25(33)24-5-3-18-36-24/h3,5-14,16,18,28H,4,15,17H2,1-2H3,(H,29,33)(H,27,30,31). The summed E-state index contributed by atoms with van der Waals surface area (Å²) in [5, 5.41) is 7.85. The number of hydrogen-bond acceptors (Lipinski definition) is 8. The first-order chi connectivity index (χ1) is 17.8. The molecule has 2 aromatic heterocycles. The molecule has 2 heterocycles. The highest BCUT2D eigenvalue weighted by Crippen LogP contribution is 2.23. The zero-order chi connectivity index (χ0) is 26.3. The van der Waals surface area contributed by atoms with Gasteiger partial charge in [0.2, 0.25) is 16.0 Å². The van der Waals surface area contributed by atoms with Crippen molar-refractivity contribution in [2.45, 2.75) is 11.3 Å². The van der Waals surface area contributed by atoms with Crippen LogP contribution in [0, 0.1) is 0 Å². The predicted octanol–water partition coefficient (Wildman–Crippen LogP) is 4.43. The summed E-state index contributed by atoms with van der Waals surface area (Å²) in [5.74, 6) is 0.236. The lowest BCUT2D eigenvalue weighted by Gasteiger charge is -2.11. The van der Waals surface area contributed by atoms with E-state index in [0.29, 0.717) is 34.4 Å². The fourth-order valence-corrected chi connectivity index (χ4v) is 5.13. The van der Waals surface area contributed by atoms with E-state index in [1.807, 2.05) is 54.7 Å². The van der Waals surface area contributed by atoms with Crippen LogP contribution in [0.4, 0.5) is 17.3 Å². The van der Waals surface area contributed by atoms with Crippen LogP contribution in [0.25, 0.3) is 11.3 Å². The van der Waals surface area contributed by atoms with E-state index in [-0.39, 0.29) is 10.8 Å². The van der Waals surface area contributed by atoms with Crippen molar-refractivity contribution in [3.63, 3.8) is 0 Å². The van der Waals surface area contributed by atoms with Crippen molar-refractivity contribution in [3.8, 4) is 11.3 Å². The van der Waals surface area contributed by atoms with Crippen LogP contribution < -0.4 is 15.4 Å². The minimum absolute atomic E-state index is 0.143. The van der Waals surface area contributed by atoms with Crippen molar-refractivity contribution in [3.05, 3.63) is 83.2 Å². The number of carbonyl (C=O) groups excluding carboxylic acids is 1. The van der Waals surface area contributed by atoms with E-state index in [4.69, 9.17) is 0 Å². The number of sulfonamides is 1. The van der Waals surface area contributed by atoms with Gasteiger partial charge in [-0.05, 0) is 81.0 Å². The zero-order valence-electron chi connectivity index (χ0n) is 20.5. The van der Waals surface area contributed by atoms with E-state index in [1.54, 1.807) is 42.6 Å². The number of amides is 1. The monoisotopic (exact) mass is 536 g/mol. The molecule has 0 radical (unpaired) electrons. The SMILES string of the molecule is CN(C)CCCNS(=O)(=O)c1ccc(Nc2nccc(-c3ccc(NC(=O)c4cccs4)cc3)n2)cc1. The summed E-state index contributed by atoms with van der Waals surface area (Å²) in [5.41, 5.74) is 2.92. The second kappa shape index (κ2) is 12.1. The van der Waals surface area contributed by atoms with Crippen molar-refractivity contribution in [2.24, 2.45) is 0 Å². The number of rotatable bonds is 11. The van der Waals surface area contributed by atoms with Crippen LogP contribution in [0.3, 0.4) is 0 Å². The average molecular weight is 537 g/mol. The molecule has 0 fully saturated rings. The molecule has 0 aliphatic heterocycles. The van der Waals surface area contributed by atoms with Crippen molar-refractivity contribution >= 4 is 44.6 Å². The number of benzene rings is 2. The molecule has 1 amide bonds. The molecule has 0 saturated carbocycles. The molecule has 0 spiro atoms. The predicted molar refractivity (Wildman–Crippen MR) is 148 cm³/mol. The normalized spacial score (nSPS) is 11.4. The molecule has 3 N–H and O–H groups in total. The average Bonchev–Trinajstić information content (AvgIpc) is 3.43. The summed E-state index contributed by atoms with van der Waals surface area (Å²) >= 11 is 1.39. The molecule has 9 nitrogen and oxygen atoms in total. The number of thiophene rings is 1. The first kappa shape index (κ1) is 26.4. The van der Waals surface area contributed by atoms with E-state index in [1.165, 1.54) is 11.3 Å². The molecule has 192 valence electrons. The summed E-state index contributed by atoms with van der Waals surface area (Å²) in [6, 6.07) is 19.3. The Morgan fingerprint density at radius 1 is 0.973 bits per heavy atom. The number of aromatic nitrogens is 2. The topological polar surface area (TPSA) is 116 Å². The van der Waals surface area contributed by atoms with Crippen LogP contribution in [0.15, 0.2) is 83.2 Å². The minimum Gasteiger partial charge on any atom is -0.324 e. The van der Waals surface area contributed by atoms with Gasteiger partial charge in [-0.25, -0.2) is 23.1 Å². The van der Waals surface area contributed by atoms with Crippen molar-refractivity contribution in [1.29, 1.82) is 0 Å². The Morgan fingerprint density at radius 3 is 2.38 bits per heavy atom. The lowest BCUT2D eigenvalue weighted by molar-refractivity contribution is 0.103. The lowest BCUT2D eigenvalue weighted by atomic mass is 10.1. The second-order valence-corrected chi connectivity index (χ2v) is 11.2. The number of anilines is 3.